The van der Waals surface area contributed by atoms with Crippen molar-refractivity contribution in [2.24, 2.45) is 0 Å². The number of amides is 1. The van der Waals surface area contributed by atoms with Crippen molar-refractivity contribution in [3.05, 3.63) is 76.5 Å². The molecule has 0 spiro atoms. The Balaban J connectivity index is 1.79. The number of halogens is 2. The van der Waals surface area contributed by atoms with Gasteiger partial charge in [0.25, 0.3) is 0 Å². The van der Waals surface area contributed by atoms with Crippen LogP contribution in [0.2, 0.25) is 0 Å². The highest BCUT2D eigenvalue weighted by Gasteiger charge is 2.27. The first kappa shape index (κ1) is 18.3. The molecule has 4 nitrogen and oxygen atoms in total. The molecule has 6 heteroatoms. The zero-order chi connectivity index (χ0) is 19.8. The van der Waals surface area contributed by atoms with E-state index in [4.69, 9.17) is 5.10 Å². The topological polar surface area (TPSA) is 38.1 Å². The van der Waals surface area contributed by atoms with E-state index in [9.17, 15) is 13.6 Å². The van der Waals surface area contributed by atoms with Gasteiger partial charge in [0, 0.05) is 54.9 Å². The highest BCUT2D eigenvalue weighted by molar-refractivity contribution is 5.74. The molecule has 4 rings (SSSR count). The molecule has 1 aromatic heterocycles. The van der Waals surface area contributed by atoms with Crippen LogP contribution in [-0.4, -0.2) is 27.1 Å². The lowest BCUT2D eigenvalue weighted by Crippen LogP contribution is -2.34. The molecule has 0 atom stereocenters. The van der Waals surface area contributed by atoms with Gasteiger partial charge in [-0.3, -0.25) is 9.48 Å². The van der Waals surface area contributed by atoms with Crippen LogP contribution in [0.5, 0.6) is 0 Å². The zero-order valence-electron chi connectivity index (χ0n) is 15.9. The van der Waals surface area contributed by atoms with Crippen molar-refractivity contribution in [3.8, 4) is 11.3 Å². The van der Waals surface area contributed by atoms with E-state index >= 15 is 0 Å². The predicted octanol–water partition coefficient (Wildman–Crippen LogP) is 4.09. The van der Waals surface area contributed by atoms with E-state index in [2.05, 4.69) is 6.07 Å². The van der Waals surface area contributed by atoms with Gasteiger partial charge in [-0.1, -0.05) is 29.8 Å². The molecule has 2 aromatic carbocycles. The molecular formula is C22H21F2N3O. The summed E-state index contributed by atoms with van der Waals surface area (Å²) in [6.45, 7) is 4.89. The molecule has 144 valence electrons. The number of carbonyl (C=O) groups is 1. The van der Waals surface area contributed by atoms with E-state index in [1.165, 1.54) is 12.1 Å². The predicted molar refractivity (Wildman–Crippen MR) is 103 cm³/mol. The number of benzene rings is 2. The minimum absolute atomic E-state index is 0.0261. The summed E-state index contributed by atoms with van der Waals surface area (Å²) in [5, 5.41) is 4.77. The smallest absolute Gasteiger partial charge is 0.219 e. The summed E-state index contributed by atoms with van der Waals surface area (Å²) in [7, 11) is 0. The molecule has 0 unspecified atom stereocenters. The van der Waals surface area contributed by atoms with Crippen molar-refractivity contribution in [2.45, 2.75) is 33.4 Å². The van der Waals surface area contributed by atoms with Crippen LogP contribution >= 0.6 is 0 Å². The standard InChI is InChI=1S/C22H21F2N3O/c1-14-4-3-5-16(10-14)22-19-13-26(15(2)28)9-8-21(19)27(25-22)12-17-6-7-18(23)11-20(17)24/h3-7,10-11H,8-9,12-13H2,1-2H3. The number of aromatic nitrogens is 2. The fourth-order valence-electron chi connectivity index (χ4n) is 3.73. The van der Waals surface area contributed by atoms with Crippen LogP contribution in [0.4, 0.5) is 8.78 Å². The largest absolute Gasteiger partial charge is 0.338 e. The van der Waals surface area contributed by atoms with Crippen molar-refractivity contribution >= 4 is 5.91 Å². The van der Waals surface area contributed by atoms with E-state index in [1.54, 1.807) is 16.5 Å². The highest BCUT2D eigenvalue weighted by Crippen LogP contribution is 2.31. The Morgan fingerprint density at radius 1 is 1.18 bits per heavy atom. The van der Waals surface area contributed by atoms with E-state index in [-0.39, 0.29) is 12.5 Å². The molecule has 1 aliphatic heterocycles. The maximum Gasteiger partial charge on any atom is 0.219 e. The van der Waals surface area contributed by atoms with Crippen LogP contribution in [0.15, 0.2) is 42.5 Å². The summed E-state index contributed by atoms with van der Waals surface area (Å²) in [4.78, 5) is 13.7. The van der Waals surface area contributed by atoms with E-state index in [0.717, 1.165) is 34.1 Å². The van der Waals surface area contributed by atoms with Gasteiger partial charge in [0.05, 0.1) is 12.2 Å². The molecule has 0 aliphatic carbocycles. The molecule has 1 amide bonds. The number of carbonyl (C=O) groups excluding carboxylic acids is 1. The van der Waals surface area contributed by atoms with E-state index in [1.807, 2.05) is 25.1 Å². The van der Waals surface area contributed by atoms with Gasteiger partial charge in [0.1, 0.15) is 11.6 Å². The first-order chi connectivity index (χ1) is 13.4. The lowest BCUT2D eigenvalue weighted by atomic mass is 9.99. The van der Waals surface area contributed by atoms with Gasteiger partial charge in [-0.05, 0) is 19.1 Å². The van der Waals surface area contributed by atoms with E-state index in [0.29, 0.717) is 25.1 Å². The first-order valence-electron chi connectivity index (χ1n) is 9.27. The van der Waals surface area contributed by atoms with Crippen LogP contribution in [0.25, 0.3) is 11.3 Å². The lowest BCUT2D eigenvalue weighted by molar-refractivity contribution is -0.129. The van der Waals surface area contributed by atoms with Gasteiger partial charge >= 0.3 is 0 Å². The van der Waals surface area contributed by atoms with Crippen molar-refractivity contribution in [1.82, 2.24) is 14.7 Å². The molecule has 2 heterocycles. The SMILES string of the molecule is CC(=O)N1CCc2c(c(-c3cccc(C)c3)nn2Cc2ccc(F)cc2F)C1. The van der Waals surface area contributed by atoms with Crippen molar-refractivity contribution in [1.29, 1.82) is 0 Å². The molecule has 0 fully saturated rings. The molecule has 0 N–H and O–H groups in total. The molecule has 28 heavy (non-hydrogen) atoms. The monoisotopic (exact) mass is 381 g/mol. The number of aryl methyl sites for hydroxylation is 1. The Kier molecular flexibility index (Phi) is 4.71. The van der Waals surface area contributed by atoms with Gasteiger partial charge in [-0.2, -0.15) is 5.10 Å². The zero-order valence-corrected chi connectivity index (χ0v) is 15.9. The van der Waals surface area contributed by atoms with Crippen molar-refractivity contribution in [3.63, 3.8) is 0 Å². The Hall–Kier alpha value is -3.02. The Labute approximate surface area is 162 Å². The Morgan fingerprint density at radius 2 is 2.00 bits per heavy atom. The molecule has 3 aromatic rings. The second kappa shape index (κ2) is 7.19. The maximum atomic E-state index is 14.2. The molecule has 1 aliphatic rings. The van der Waals surface area contributed by atoms with Crippen LogP contribution in [0.1, 0.15) is 29.3 Å². The average Bonchev–Trinajstić information content (AvgIpc) is 3.02. The second-order valence-electron chi connectivity index (χ2n) is 7.23. The second-order valence-corrected chi connectivity index (χ2v) is 7.23. The normalized spacial score (nSPS) is 13.5. The number of hydrogen-bond donors (Lipinski definition) is 0. The summed E-state index contributed by atoms with van der Waals surface area (Å²) >= 11 is 0. The molecule has 0 bridgehead atoms. The van der Waals surface area contributed by atoms with Gasteiger partial charge in [0.2, 0.25) is 5.91 Å². The fourth-order valence-corrected chi connectivity index (χ4v) is 3.73. The highest BCUT2D eigenvalue weighted by atomic mass is 19.1. The molecule has 0 radical (unpaired) electrons. The minimum Gasteiger partial charge on any atom is -0.338 e. The van der Waals surface area contributed by atoms with Gasteiger partial charge in [-0.15, -0.1) is 0 Å². The average molecular weight is 381 g/mol. The summed E-state index contributed by atoms with van der Waals surface area (Å²) in [6, 6.07) is 11.6. The Morgan fingerprint density at radius 3 is 2.71 bits per heavy atom. The van der Waals surface area contributed by atoms with Gasteiger partial charge < -0.3 is 4.90 Å². The van der Waals surface area contributed by atoms with Gasteiger partial charge in [0.15, 0.2) is 0 Å². The van der Waals surface area contributed by atoms with E-state index < -0.39 is 11.6 Å². The van der Waals surface area contributed by atoms with Crippen molar-refractivity contribution in [2.75, 3.05) is 6.54 Å². The van der Waals surface area contributed by atoms with Crippen molar-refractivity contribution < 1.29 is 13.6 Å². The Bertz CT molecular complexity index is 1060. The summed E-state index contributed by atoms with van der Waals surface area (Å²) in [5.74, 6) is -1.15. The fraction of sp³-hybridized carbons (Fsp3) is 0.273. The molecular weight excluding hydrogens is 360 g/mol. The van der Waals surface area contributed by atoms with Crippen LogP contribution in [-0.2, 0) is 24.3 Å². The third-order valence-corrected chi connectivity index (χ3v) is 5.21. The van der Waals surface area contributed by atoms with Gasteiger partial charge in [-0.25, -0.2) is 8.78 Å². The maximum absolute atomic E-state index is 14.2. The third-order valence-electron chi connectivity index (χ3n) is 5.21. The third kappa shape index (κ3) is 3.42. The quantitative estimate of drug-likeness (QED) is 0.685. The number of hydrogen-bond acceptors (Lipinski definition) is 2. The van der Waals surface area contributed by atoms with Crippen LogP contribution < -0.4 is 0 Å². The number of rotatable bonds is 3. The lowest BCUT2D eigenvalue weighted by Gasteiger charge is -2.27. The summed E-state index contributed by atoms with van der Waals surface area (Å²) in [6.07, 6.45) is 0.649. The van der Waals surface area contributed by atoms with Crippen LogP contribution in [0.3, 0.4) is 0 Å². The molecule has 0 saturated carbocycles. The minimum atomic E-state index is -0.596. The number of nitrogens with zero attached hydrogens (tertiary/aromatic N) is 3. The summed E-state index contributed by atoms with van der Waals surface area (Å²) in [5.41, 5.74) is 5.28. The first-order valence-corrected chi connectivity index (χ1v) is 9.27. The van der Waals surface area contributed by atoms with Crippen LogP contribution in [0, 0.1) is 18.6 Å². The number of fused-ring (bicyclic) bond motifs is 1. The summed E-state index contributed by atoms with van der Waals surface area (Å²) < 4.78 is 29.2. The molecule has 0 saturated heterocycles.